The number of hydrogen-bond acceptors (Lipinski definition) is 3. The lowest BCUT2D eigenvalue weighted by Crippen LogP contribution is -2.25. The molecule has 2 aromatic rings. The molecule has 1 aliphatic rings. The van der Waals surface area contributed by atoms with Crippen LogP contribution in [0.25, 0.3) is 0 Å². The molecule has 0 radical (unpaired) electrons. The Hall–Kier alpha value is -2.23. The van der Waals surface area contributed by atoms with E-state index in [1.54, 1.807) is 12.1 Å². The first-order chi connectivity index (χ1) is 9.70. The Bertz CT molecular complexity index is 642. The summed E-state index contributed by atoms with van der Waals surface area (Å²) in [5.41, 5.74) is 2.42. The van der Waals surface area contributed by atoms with Crippen LogP contribution in [-0.2, 0) is 0 Å². The van der Waals surface area contributed by atoms with Gasteiger partial charge in [-0.25, -0.2) is 4.39 Å². The Kier molecular flexibility index (Phi) is 3.22. The van der Waals surface area contributed by atoms with E-state index in [0.29, 0.717) is 17.9 Å². The molecule has 0 spiro atoms. The third-order valence-electron chi connectivity index (χ3n) is 3.50. The molecule has 1 aliphatic heterocycles. The van der Waals surface area contributed by atoms with E-state index in [9.17, 15) is 4.39 Å². The molecule has 3 nitrogen and oxygen atoms in total. The van der Waals surface area contributed by atoms with Crippen LogP contribution in [-0.4, -0.2) is 13.7 Å². The van der Waals surface area contributed by atoms with E-state index < -0.39 is 6.10 Å². The van der Waals surface area contributed by atoms with E-state index >= 15 is 0 Å². The lowest BCUT2D eigenvalue weighted by atomic mass is 10.0. The second-order valence-corrected chi connectivity index (χ2v) is 4.79. The van der Waals surface area contributed by atoms with Crippen molar-refractivity contribution < 1.29 is 13.9 Å². The van der Waals surface area contributed by atoms with E-state index in [2.05, 4.69) is 5.32 Å². The maximum atomic E-state index is 14.1. The molecular weight excluding hydrogens is 257 g/mol. The second-order valence-electron chi connectivity index (χ2n) is 4.79. The first kappa shape index (κ1) is 12.8. The zero-order valence-corrected chi connectivity index (χ0v) is 11.4. The molecule has 0 saturated carbocycles. The standard InChI is InChI=1S/C16H16FNO2/c1-10-5-3-7-12-16(10)20-14(9-18-12)15-11(17)6-4-8-13(15)19-2/h3-8,14,18H,9H2,1-2H3. The molecule has 0 amide bonds. The molecule has 4 heteroatoms. The molecule has 1 N–H and O–H groups in total. The largest absolute Gasteiger partial charge is 0.496 e. The number of ether oxygens (including phenoxy) is 2. The van der Waals surface area contributed by atoms with Gasteiger partial charge in [0.25, 0.3) is 0 Å². The zero-order chi connectivity index (χ0) is 14.1. The molecule has 0 saturated heterocycles. The first-order valence-corrected chi connectivity index (χ1v) is 6.53. The zero-order valence-electron chi connectivity index (χ0n) is 11.4. The summed E-state index contributed by atoms with van der Waals surface area (Å²) in [6.07, 6.45) is -0.403. The SMILES string of the molecule is COc1cccc(F)c1C1CNc2cccc(C)c2O1. The summed E-state index contributed by atoms with van der Waals surface area (Å²) in [6.45, 7) is 2.48. The smallest absolute Gasteiger partial charge is 0.147 e. The minimum atomic E-state index is -0.403. The topological polar surface area (TPSA) is 30.5 Å². The highest BCUT2D eigenvalue weighted by molar-refractivity contribution is 5.62. The summed E-state index contributed by atoms with van der Waals surface area (Å²) in [5.74, 6) is 0.969. The van der Waals surface area contributed by atoms with Gasteiger partial charge in [-0.15, -0.1) is 0 Å². The van der Waals surface area contributed by atoms with Crippen LogP contribution < -0.4 is 14.8 Å². The highest BCUT2D eigenvalue weighted by Crippen LogP contribution is 2.39. The minimum Gasteiger partial charge on any atom is -0.496 e. The second kappa shape index (κ2) is 5.04. The van der Waals surface area contributed by atoms with Crippen LogP contribution in [0.15, 0.2) is 36.4 Å². The van der Waals surface area contributed by atoms with Crippen LogP contribution in [0.3, 0.4) is 0 Å². The third-order valence-corrected chi connectivity index (χ3v) is 3.50. The van der Waals surface area contributed by atoms with Gasteiger partial charge in [-0.05, 0) is 30.7 Å². The van der Waals surface area contributed by atoms with Gasteiger partial charge in [0.15, 0.2) is 0 Å². The number of nitrogens with one attached hydrogen (secondary N) is 1. The van der Waals surface area contributed by atoms with Gasteiger partial charge in [0.1, 0.15) is 23.4 Å². The molecule has 104 valence electrons. The van der Waals surface area contributed by atoms with E-state index in [1.165, 1.54) is 13.2 Å². The Morgan fingerprint density at radius 2 is 2.05 bits per heavy atom. The van der Waals surface area contributed by atoms with Crippen LogP contribution in [0, 0.1) is 12.7 Å². The van der Waals surface area contributed by atoms with Crippen molar-refractivity contribution in [2.45, 2.75) is 13.0 Å². The van der Waals surface area contributed by atoms with Gasteiger partial charge >= 0.3 is 0 Å². The molecule has 0 aliphatic carbocycles. The van der Waals surface area contributed by atoms with Crippen molar-refractivity contribution in [3.63, 3.8) is 0 Å². The van der Waals surface area contributed by atoms with Crippen molar-refractivity contribution in [3.8, 4) is 11.5 Å². The summed E-state index contributed by atoms with van der Waals surface area (Å²) < 4.78 is 25.3. The Morgan fingerprint density at radius 3 is 2.85 bits per heavy atom. The minimum absolute atomic E-state index is 0.312. The average molecular weight is 273 g/mol. The van der Waals surface area contributed by atoms with Gasteiger partial charge in [0.05, 0.1) is 24.9 Å². The molecule has 1 heterocycles. The summed E-state index contributed by atoms with van der Waals surface area (Å²) in [7, 11) is 1.54. The van der Waals surface area contributed by atoms with E-state index in [1.807, 2.05) is 25.1 Å². The monoisotopic (exact) mass is 273 g/mol. The molecule has 1 atom stereocenters. The number of halogens is 1. The fourth-order valence-electron chi connectivity index (χ4n) is 2.50. The molecule has 0 aromatic heterocycles. The van der Waals surface area contributed by atoms with Crippen LogP contribution in [0.5, 0.6) is 11.5 Å². The lowest BCUT2D eigenvalue weighted by molar-refractivity contribution is 0.198. The quantitative estimate of drug-likeness (QED) is 0.905. The highest BCUT2D eigenvalue weighted by Gasteiger charge is 2.27. The molecular formula is C16H16FNO2. The number of aryl methyl sites for hydroxylation is 1. The summed E-state index contributed by atoms with van der Waals surface area (Å²) in [4.78, 5) is 0. The van der Waals surface area contributed by atoms with Crippen LogP contribution in [0.4, 0.5) is 10.1 Å². The fourth-order valence-corrected chi connectivity index (χ4v) is 2.50. The lowest BCUT2D eigenvalue weighted by Gasteiger charge is -2.29. The van der Waals surface area contributed by atoms with Crippen LogP contribution >= 0.6 is 0 Å². The van der Waals surface area contributed by atoms with Crippen molar-refractivity contribution >= 4 is 5.69 Å². The molecule has 0 fully saturated rings. The maximum Gasteiger partial charge on any atom is 0.147 e. The molecule has 20 heavy (non-hydrogen) atoms. The van der Waals surface area contributed by atoms with Crippen LogP contribution in [0.2, 0.25) is 0 Å². The van der Waals surface area contributed by atoms with Crippen molar-refractivity contribution in [3.05, 3.63) is 53.3 Å². The summed E-state index contributed by atoms with van der Waals surface area (Å²) in [5, 5.41) is 3.28. The summed E-state index contributed by atoms with van der Waals surface area (Å²) >= 11 is 0. The Labute approximate surface area is 117 Å². The van der Waals surface area contributed by atoms with Gasteiger partial charge < -0.3 is 14.8 Å². The number of para-hydroxylation sites is 1. The number of rotatable bonds is 2. The van der Waals surface area contributed by atoms with E-state index in [4.69, 9.17) is 9.47 Å². The molecule has 1 unspecified atom stereocenters. The summed E-state index contributed by atoms with van der Waals surface area (Å²) in [6, 6.07) is 10.7. The Morgan fingerprint density at radius 1 is 1.25 bits per heavy atom. The average Bonchev–Trinajstić information content (AvgIpc) is 2.47. The van der Waals surface area contributed by atoms with Gasteiger partial charge in [0.2, 0.25) is 0 Å². The molecule has 2 aromatic carbocycles. The number of hydrogen-bond donors (Lipinski definition) is 1. The van der Waals surface area contributed by atoms with E-state index in [0.717, 1.165) is 17.0 Å². The van der Waals surface area contributed by atoms with Crippen molar-refractivity contribution in [1.82, 2.24) is 0 Å². The van der Waals surface area contributed by atoms with Gasteiger partial charge in [0, 0.05) is 0 Å². The molecule has 3 rings (SSSR count). The van der Waals surface area contributed by atoms with Crippen molar-refractivity contribution in [1.29, 1.82) is 0 Å². The first-order valence-electron chi connectivity index (χ1n) is 6.53. The third kappa shape index (κ3) is 2.07. The van der Waals surface area contributed by atoms with Gasteiger partial charge in [-0.1, -0.05) is 18.2 Å². The Balaban J connectivity index is 2.01. The van der Waals surface area contributed by atoms with Gasteiger partial charge in [-0.2, -0.15) is 0 Å². The normalized spacial score (nSPS) is 16.9. The predicted molar refractivity (Wildman–Crippen MR) is 76.0 cm³/mol. The number of benzene rings is 2. The highest BCUT2D eigenvalue weighted by atomic mass is 19.1. The van der Waals surface area contributed by atoms with Crippen molar-refractivity contribution in [2.24, 2.45) is 0 Å². The van der Waals surface area contributed by atoms with E-state index in [-0.39, 0.29) is 5.82 Å². The number of fused-ring (bicyclic) bond motifs is 1. The van der Waals surface area contributed by atoms with Gasteiger partial charge in [-0.3, -0.25) is 0 Å². The number of methoxy groups -OCH3 is 1. The van der Waals surface area contributed by atoms with Crippen LogP contribution in [0.1, 0.15) is 17.2 Å². The predicted octanol–water partition coefficient (Wildman–Crippen LogP) is 3.69. The fraction of sp³-hybridized carbons (Fsp3) is 0.250. The molecule has 0 bridgehead atoms. The number of anilines is 1. The van der Waals surface area contributed by atoms with Crippen molar-refractivity contribution in [2.75, 3.05) is 19.0 Å². The maximum absolute atomic E-state index is 14.1.